The minimum absolute atomic E-state index is 0.0560. The third-order valence-corrected chi connectivity index (χ3v) is 5.00. The van der Waals surface area contributed by atoms with Crippen molar-refractivity contribution < 1.29 is 8.42 Å². The molecule has 4 nitrogen and oxygen atoms in total. The van der Waals surface area contributed by atoms with Gasteiger partial charge in [-0.05, 0) is 23.8 Å². The van der Waals surface area contributed by atoms with Gasteiger partial charge in [0.2, 0.25) is 0 Å². The number of hydrogen-bond acceptors (Lipinski definition) is 4. The van der Waals surface area contributed by atoms with Gasteiger partial charge in [-0.1, -0.05) is 37.3 Å². The Morgan fingerprint density at radius 2 is 1.76 bits per heavy atom. The summed E-state index contributed by atoms with van der Waals surface area (Å²) in [4.78, 5) is 0.293. The number of hydrogen-bond donors (Lipinski definition) is 1. The van der Waals surface area contributed by atoms with Gasteiger partial charge in [0, 0.05) is 6.54 Å². The molecule has 0 aliphatic carbocycles. The lowest BCUT2D eigenvalue weighted by molar-refractivity contribution is 0.597. The molecule has 0 saturated carbocycles. The molecule has 0 bridgehead atoms. The van der Waals surface area contributed by atoms with Crippen LogP contribution in [0.15, 0.2) is 53.4 Å². The lowest BCUT2D eigenvalue weighted by atomic mass is 10.1. The van der Waals surface area contributed by atoms with Crippen molar-refractivity contribution in [2.45, 2.75) is 18.4 Å². The average Bonchev–Trinajstić information content (AvgIpc) is 2.53. The first-order valence-electron chi connectivity index (χ1n) is 6.62. The number of nitrogens with one attached hydrogen (secondary N) is 1. The summed E-state index contributed by atoms with van der Waals surface area (Å²) in [5.41, 5.74) is 1.98. The molecule has 0 saturated heterocycles. The fourth-order valence-electron chi connectivity index (χ4n) is 2.01. The lowest BCUT2D eigenvalue weighted by Crippen LogP contribution is -2.09. The van der Waals surface area contributed by atoms with Crippen molar-refractivity contribution in [3.8, 4) is 6.07 Å². The van der Waals surface area contributed by atoms with Crippen molar-refractivity contribution in [2.24, 2.45) is 0 Å². The zero-order valence-corrected chi connectivity index (χ0v) is 12.5. The summed E-state index contributed by atoms with van der Waals surface area (Å²) in [7, 11) is -3.28. The Morgan fingerprint density at radius 1 is 1.10 bits per heavy atom. The normalized spacial score (nSPS) is 10.9. The quantitative estimate of drug-likeness (QED) is 0.921. The highest BCUT2D eigenvalue weighted by atomic mass is 32.2. The van der Waals surface area contributed by atoms with Crippen molar-refractivity contribution in [1.29, 1.82) is 5.26 Å². The monoisotopic (exact) mass is 300 g/mol. The van der Waals surface area contributed by atoms with Crippen LogP contribution in [0, 0.1) is 11.3 Å². The van der Waals surface area contributed by atoms with Crippen LogP contribution in [0.2, 0.25) is 0 Å². The van der Waals surface area contributed by atoms with E-state index in [4.69, 9.17) is 5.26 Å². The minimum Gasteiger partial charge on any atom is -0.380 e. The van der Waals surface area contributed by atoms with Gasteiger partial charge in [-0.2, -0.15) is 5.26 Å². The van der Waals surface area contributed by atoms with Gasteiger partial charge < -0.3 is 5.32 Å². The Balaban J connectivity index is 2.28. The predicted molar refractivity (Wildman–Crippen MR) is 82.7 cm³/mol. The van der Waals surface area contributed by atoms with Crippen molar-refractivity contribution in [3.05, 3.63) is 59.7 Å². The number of nitriles is 1. The summed E-state index contributed by atoms with van der Waals surface area (Å²) in [6.07, 6.45) is 0. The minimum atomic E-state index is -3.28. The van der Waals surface area contributed by atoms with Crippen LogP contribution < -0.4 is 5.32 Å². The highest BCUT2D eigenvalue weighted by Gasteiger charge is 2.15. The molecule has 0 aliphatic rings. The van der Waals surface area contributed by atoms with E-state index in [2.05, 4.69) is 11.4 Å². The maximum Gasteiger partial charge on any atom is 0.180 e. The fourth-order valence-corrected chi connectivity index (χ4v) is 3.09. The van der Waals surface area contributed by atoms with Crippen LogP contribution in [0.1, 0.15) is 18.1 Å². The van der Waals surface area contributed by atoms with Crippen molar-refractivity contribution >= 4 is 15.5 Å². The van der Waals surface area contributed by atoms with E-state index in [0.717, 1.165) is 5.56 Å². The molecule has 0 aliphatic heterocycles. The summed E-state index contributed by atoms with van der Waals surface area (Å²) in [5.74, 6) is 0.0560. The van der Waals surface area contributed by atoms with Crippen LogP contribution in [0.25, 0.3) is 0 Å². The molecule has 0 amide bonds. The Kier molecular flexibility index (Phi) is 4.61. The van der Waals surface area contributed by atoms with Crippen molar-refractivity contribution in [2.75, 3.05) is 11.1 Å². The molecule has 0 atom stereocenters. The number of anilines is 1. The van der Waals surface area contributed by atoms with Crippen molar-refractivity contribution in [3.63, 3.8) is 0 Å². The second kappa shape index (κ2) is 6.42. The highest BCUT2D eigenvalue weighted by Crippen LogP contribution is 2.23. The molecule has 5 heteroatoms. The van der Waals surface area contributed by atoms with Crippen LogP contribution in [-0.2, 0) is 16.4 Å². The molecule has 2 aromatic carbocycles. The van der Waals surface area contributed by atoms with Gasteiger partial charge in [0.1, 0.15) is 0 Å². The Morgan fingerprint density at radius 3 is 2.48 bits per heavy atom. The predicted octanol–water partition coefficient (Wildman–Crippen LogP) is 2.96. The van der Waals surface area contributed by atoms with Crippen LogP contribution in [0.5, 0.6) is 0 Å². The summed E-state index contributed by atoms with van der Waals surface area (Å²) in [6.45, 7) is 2.02. The summed E-state index contributed by atoms with van der Waals surface area (Å²) < 4.78 is 24.1. The van der Waals surface area contributed by atoms with E-state index in [9.17, 15) is 8.42 Å². The number of benzene rings is 2. The van der Waals surface area contributed by atoms with Gasteiger partial charge in [0.15, 0.2) is 9.84 Å². The fraction of sp³-hybridized carbons (Fsp3) is 0.188. The zero-order chi connectivity index (χ0) is 15.3. The maximum atomic E-state index is 12.1. The molecule has 2 rings (SSSR count). The number of para-hydroxylation sites is 1. The Labute approximate surface area is 125 Å². The molecular formula is C16H16N2O2S. The van der Waals surface area contributed by atoms with E-state index < -0.39 is 9.84 Å². The third-order valence-electron chi connectivity index (χ3n) is 3.21. The van der Waals surface area contributed by atoms with E-state index in [1.165, 1.54) is 0 Å². The first-order valence-corrected chi connectivity index (χ1v) is 8.27. The van der Waals surface area contributed by atoms with Crippen molar-refractivity contribution in [1.82, 2.24) is 0 Å². The van der Waals surface area contributed by atoms with Crippen LogP contribution in [0.3, 0.4) is 0 Å². The van der Waals surface area contributed by atoms with Gasteiger partial charge in [0.25, 0.3) is 0 Å². The van der Waals surface area contributed by atoms with Crippen LogP contribution >= 0.6 is 0 Å². The molecule has 0 heterocycles. The van der Waals surface area contributed by atoms with Gasteiger partial charge >= 0.3 is 0 Å². The molecular weight excluding hydrogens is 284 g/mol. The number of rotatable bonds is 5. The number of nitrogens with zero attached hydrogens (tertiary/aromatic N) is 1. The van der Waals surface area contributed by atoms with Crippen LogP contribution in [0.4, 0.5) is 5.69 Å². The summed E-state index contributed by atoms with van der Waals surface area (Å²) >= 11 is 0. The second-order valence-electron chi connectivity index (χ2n) is 4.52. The third kappa shape index (κ3) is 3.41. The molecule has 2 aromatic rings. The molecule has 108 valence electrons. The molecule has 21 heavy (non-hydrogen) atoms. The number of sulfone groups is 1. The zero-order valence-electron chi connectivity index (χ0n) is 11.7. The van der Waals surface area contributed by atoms with E-state index in [-0.39, 0.29) is 5.75 Å². The molecule has 1 N–H and O–H groups in total. The van der Waals surface area contributed by atoms with Gasteiger partial charge in [-0.3, -0.25) is 0 Å². The van der Waals surface area contributed by atoms with E-state index in [1.807, 2.05) is 12.1 Å². The molecule has 0 unspecified atom stereocenters. The molecule has 0 fully saturated rings. The summed E-state index contributed by atoms with van der Waals surface area (Å²) in [5, 5.41) is 12.2. The van der Waals surface area contributed by atoms with E-state index in [0.29, 0.717) is 22.7 Å². The lowest BCUT2D eigenvalue weighted by Gasteiger charge is -2.12. The SMILES string of the molecule is CCS(=O)(=O)c1ccccc1NCc1ccccc1C#N. The highest BCUT2D eigenvalue weighted by molar-refractivity contribution is 7.91. The van der Waals surface area contributed by atoms with Gasteiger partial charge in [-0.15, -0.1) is 0 Å². The first kappa shape index (κ1) is 15.1. The topological polar surface area (TPSA) is 70.0 Å². The molecule has 0 spiro atoms. The van der Waals surface area contributed by atoms with Crippen LogP contribution in [-0.4, -0.2) is 14.2 Å². The Hall–Kier alpha value is -2.32. The van der Waals surface area contributed by atoms with Gasteiger partial charge in [0.05, 0.1) is 28.0 Å². The Bertz CT molecular complexity index is 777. The molecule has 0 radical (unpaired) electrons. The standard InChI is InChI=1S/C16H16N2O2S/c1-2-21(19,20)16-10-6-5-9-15(16)18-12-14-8-4-3-7-13(14)11-17/h3-10,18H,2,12H2,1H3. The summed E-state index contributed by atoms with van der Waals surface area (Å²) in [6, 6.07) is 16.2. The van der Waals surface area contributed by atoms with Gasteiger partial charge in [-0.25, -0.2) is 8.42 Å². The first-order chi connectivity index (χ1) is 10.1. The molecule has 0 aromatic heterocycles. The maximum absolute atomic E-state index is 12.1. The smallest absolute Gasteiger partial charge is 0.180 e. The van der Waals surface area contributed by atoms with E-state index in [1.54, 1.807) is 43.3 Å². The second-order valence-corrected chi connectivity index (χ2v) is 6.77. The average molecular weight is 300 g/mol. The largest absolute Gasteiger partial charge is 0.380 e. The van der Waals surface area contributed by atoms with E-state index >= 15 is 0 Å².